The van der Waals surface area contributed by atoms with E-state index in [1.165, 1.54) is 4.88 Å². The highest BCUT2D eigenvalue weighted by Gasteiger charge is 2.14. The van der Waals surface area contributed by atoms with E-state index in [-0.39, 0.29) is 5.91 Å². The minimum absolute atomic E-state index is 0.0572. The maximum Gasteiger partial charge on any atom is 0.254 e. The van der Waals surface area contributed by atoms with E-state index in [2.05, 4.69) is 18.7 Å². The van der Waals surface area contributed by atoms with Crippen LogP contribution in [0.2, 0.25) is 0 Å². The molecule has 4 heteroatoms. The summed E-state index contributed by atoms with van der Waals surface area (Å²) in [4.78, 5) is 16.2. The molecule has 0 fully saturated rings. The Hall–Kier alpha value is -1.26. The lowest BCUT2D eigenvalue weighted by Crippen LogP contribution is -2.29. The lowest BCUT2D eigenvalue weighted by atomic mass is 10.2. The number of carbonyl (C=O) groups is 1. The molecule has 1 amide bonds. The van der Waals surface area contributed by atoms with Gasteiger partial charge in [-0.15, -0.1) is 24.0 Å². The number of carbonyl (C=O) groups excluding carboxylic acids is 1. The maximum absolute atomic E-state index is 12.4. The molecule has 0 spiro atoms. The molecule has 1 heterocycles. The first kappa shape index (κ1) is 13.2. The van der Waals surface area contributed by atoms with Gasteiger partial charge in [0.15, 0.2) is 0 Å². The van der Waals surface area contributed by atoms with Crippen molar-refractivity contribution >= 4 is 29.9 Å². The van der Waals surface area contributed by atoms with Gasteiger partial charge < -0.3 is 4.90 Å². The molecular formula is C14H15NOS2. The number of thiol groups is 1. The monoisotopic (exact) mass is 277 g/mol. The maximum atomic E-state index is 12.4. The molecule has 0 saturated carbocycles. The molecule has 2 rings (SSSR count). The molecule has 0 N–H and O–H groups in total. The third kappa shape index (κ3) is 3.15. The highest BCUT2D eigenvalue weighted by molar-refractivity contribution is 7.80. The van der Waals surface area contributed by atoms with E-state index in [1.54, 1.807) is 11.3 Å². The number of rotatable bonds is 4. The largest absolute Gasteiger partial charge is 0.334 e. The SMILES string of the molecule is CCN(Cc1cccs1)C(=O)c1cccc(S)c1. The molecule has 0 radical (unpaired) electrons. The zero-order chi connectivity index (χ0) is 13.0. The van der Waals surface area contributed by atoms with Crippen molar-refractivity contribution in [2.75, 3.05) is 6.54 Å². The van der Waals surface area contributed by atoms with Gasteiger partial charge >= 0.3 is 0 Å². The molecule has 18 heavy (non-hydrogen) atoms. The molecule has 0 aliphatic rings. The summed E-state index contributed by atoms with van der Waals surface area (Å²) in [6.07, 6.45) is 0. The smallest absolute Gasteiger partial charge is 0.254 e. The van der Waals surface area contributed by atoms with Crippen LogP contribution >= 0.6 is 24.0 Å². The van der Waals surface area contributed by atoms with E-state index in [4.69, 9.17) is 0 Å². The van der Waals surface area contributed by atoms with Crippen LogP contribution in [0.4, 0.5) is 0 Å². The number of hydrogen-bond acceptors (Lipinski definition) is 3. The van der Waals surface area contributed by atoms with Gasteiger partial charge in [0.25, 0.3) is 5.91 Å². The van der Waals surface area contributed by atoms with Crippen LogP contribution in [-0.4, -0.2) is 17.4 Å². The predicted molar refractivity (Wildman–Crippen MR) is 78.4 cm³/mol. The van der Waals surface area contributed by atoms with Gasteiger partial charge in [-0.2, -0.15) is 0 Å². The number of amides is 1. The third-order valence-electron chi connectivity index (χ3n) is 2.69. The Morgan fingerprint density at radius 1 is 1.33 bits per heavy atom. The molecule has 1 aromatic carbocycles. The van der Waals surface area contributed by atoms with Crippen LogP contribution in [0.25, 0.3) is 0 Å². The summed E-state index contributed by atoms with van der Waals surface area (Å²) in [5.41, 5.74) is 0.695. The van der Waals surface area contributed by atoms with Gasteiger partial charge in [-0.05, 0) is 36.6 Å². The zero-order valence-corrected chi connectivity index (χ0v) is 11.9. The number of benzene rings is 1. The molecular weight excluding hydrogens is 262 g/mol. The lowest BCUT2D eigenvalue weighted by molar-refractivity contribution is 0.0754. The van der Waals surface area contributed by atoms with Crippen LogP contribution in [0.5, 0.6) is 0 Å². The Kier molecular flexibility index (Phi) is 4.44. The third-order valence-corrected chi connectivity index (χ3v) is 3.83. The average Bonchev–Trinajstić information content (AvgIpc) is 2.88. The van der Waals surface area contributed by atoms with Gasteiger partial charge in [-0.3, -0.25) is 4.79 Å². The number of thiophene rings is 1. The Balaban J connectivity index is 2.15. The Labute approximate surface area is 117 Å². The van der Waals surface area contributed by atoms with Crippen molar-refractivity contribution < 1.29 is 4.79 Å². The van der Waals surface area contributed by atoms with Crippen LogP contribution in [-0.2, 0) is 6.54 Å². The van der Waals surface area contributed by atoms with E-state index in [1.807, 2.05) is 47.5 Å². The van der Waals surface area contributed by atoms with Crippen molar-refractivity contribution in [1.82, 2.24) is 4.90 Å². The molecule has 0 bridgehead atoms. The van der Waals surface area contributed by atoms with E-state index in [0.717, 1.165) is 4.90 Å². The summed E-state index contributed by atoms with van der Waals surface area (Å²) in [6.45, 7) is 3.37. The number of hydrogen-bond donors (Lipinski definition) is 1. The van der Waals surface area contributed by atoms with E-state index in [9.17, 15) is 4.79 Å². The van der Waals surface area contributed by atoms with Crippen LogP contribution < -0.4 is 0 Å². The normalized spacial score (nSPS) is 10.3. The topological polar surface area (TPSA) is 20.3 Å². The van der Waals surface area contributed by atoms with Gasteiger partial charge in [-0.1, -0.05) is 12.1 Å². The minimum atomic E-state index is 0.0572. The van der Waals surface area contributed by atoms with Crippen molar-refractivity contribution in [2.45, 2.75) is 18.4 Å². The fourth-order valence-corrected chi connectivity index (χ4v) is 2.68. The minimum Gasteiger partial charge on any atom is -0.334 e. The van der Waals surface area contributed by atoms with Crippen molar-refractivity contribution in [3.05, 3.63) is 52.2 Å². The predicted octanol–water partition coefficient (Wildman–Crippen LogP) is 3.70. The van der Waals surface area contributed by atoms with E-state index < -0.39 is 0 Å². The van der Waals surface area contributed by atoms with Gasteiger partial charge in [0.2, 0.25) is 0 Å². The summed E-state index contributed by atoms with van der Waals surface area (Å²) in [5.74, 6) is 0.0572. The number of nitrogens with zero attached hydrogens (tertiary/aromatic N) is 1. The molecule has 94 valence electrons. The highest BCUT2D eigenvalue weighted by atomic mass is 32.1. The second-order valence-corrected chi connectivity index (χ2v) is 5.50. The molecule has 0 aliphatic heterocycles. The molecule has 0 saturated heterocycles. The van der Waals surface area contributed by atoms with Crippen LogP contribution in [0, 0.1) is 0 Å². The second-order valence-electron chi connectivity index (χ2n) is 3.95. The summed E-state index contributed by atoms with van der Waals surface area (Å²) in [5, 5.41) is 2.03. The molecule has 0 aliphatic carbocycles. The van der Waals surface area contributed by atoms with E-state index in [0.29, 0.717) is 18.7 Å². The first-order valence-electron chi connectivity index (χ1n) is 5.81. The van der Waals surface area contributed by atoms with Crippen molar-refractivity contribution in [3.63, 3.8) is 0 Å². The van der Waals surface area contributed by atoms with Gasteiger partial charge in [0, 0.05) is 21.9 Å². The quantitative estimate of drug-likeness (QED) is 0.845. The van der Waals surface area contributed by atoms with E-state index >= 15 is 0 Å². The molecule has 2 nitrogen and oxygen atoms in total. The summed E-state index contributed by atoms with van der Waals surface area (Å²) < 4.78 is 0. The van der Waals surface area contributed by atoms with Crippen LogP contribution in [0.1, 0.15) is 22.2 Å². The fraction of sp³-hybridized carbons (Fsp3) is 0.214. The van der Waals surface area contributed by atoms with Crippen molar-refractivity contribution in [2.24, 2.45) is 0 Å². The Bertz CT molecular complexity index is 522. The standard InChI is InChI=1S/C14H15NOS2/c1-2-15(10-13-7-4-8-18-13)14(16)11-5-3-6-12(17)9-11/h3-9,17H,2,10H2,1H3. The van der Waals surface area contributed by atoms with Crippen LogP contribution in [0.3, 0.4) is 0 Å². The first-order valence-corrected chi connectivity index (χ1v) is 7.14. The van der Waals surface area contributed by atoms with Gasteiger partial charge in [0.1, 0.15) is 0 Å². The van der Waals surface area contributed by atoms with Crippen molar-refractivity contribution in [3.8, 4) is 0 Å². The van der Waals surface area contributed by atoms with Crippen molar-refractivity contribution in [1.29, 1.82) is 0 Å². The van der Waals surface area contributed by atoms with Gasteiger partial charge in [0.05, 0.1) is 6.54 Å². The summed E-state index contributed by atoms with van der Waals surface area (Å²) >= 11 is 5.94. The molecule has 0 atom stereocenters. The lowest BCUT2D eigenvalue weighted by Gasteiger charge is -2.20. The first-order chi connectivity index (χ1) is 8.70. The zero-order valence-electron chi connectivity index (χ0n) is 10.2. The molecule has 0 unspecified atom stereocenters. The summed E-state index contributed by atoms with van der Waals surface area (Å²) in [6, 6.07) is 11.4. The highest BCUT2D eigenvalue weighted by Crippen LogP contribution is 2.16. The van der Waals surface area contributed by atoms with Gasteiger partial charge in [-0.25, -0.2) is 0 Å². The van der Waals surface area contributed by atoms with Crippen LogP contribution in [0.15, 0.2) is 46.7 Å². The fourth-order valence-electron chi connectivity index (χ4n) is 1.74. The molecule has 2 aromatic rings. The Morgan fingerprint density at radius 3 is 2.78 bits per heavy atom. The Morgan fingerprint density at radius 2 is 2.17 bits per heavy atom. The second kappa shape index (κ2) is 6.07. The molecule has 1 aromatic heterocycles. The average molecular weight is 277 g/mol. The summed E-state index contributed by atoms with van der Waals surface area (Å²) in [7, 11) is 0.